The number of benzene rings is 1. The molecule has 156 valence electrons. The van der Waals surface area contributed by atoms with Gasteiger partial charge in [-0.3, -0.25) is 9.59 Å². The number of H-pyrrole nitrogens is 1. The van der Waals surface area contributed by atoms with Gasteiger partial charge in [0.2, 0.25) is 0 Å². The van der Waals surface area contributed by atoms with Crippen molar-refractivity contribution in [3.8, 4) is 0 Å². The number of rotatable bonds is 6. The predicted molar refractivity (Wildman–Crippen MR) is 121 cm³/mol. The molecule has 1 aromatic carbocycles. The van der Waals surface area contributed by atoms with E-state index in [2.05, 4.69) is 49.4 Å². The number of nitrogens with zero attached hydrogens (tertiary/aromatic N) is 1. The number of hydrogen-bond acceptors (Lipinski definition) is 4. The smallest absolute Gasteiger partial charge is 0.253 e. The largest absolute Gasteiger partial charge is 0.367 e. The average molecular weight is 461 g/mol. The lowest BCUT2D eigenvalue weighted by Crippen LogP contribution is -2.37. The second-order valence-electron chi connectivity index (χ2n) is 7.66. The van der Waals surface area contributed by atoms with E-state index in [0.29, 0.717) is 17.2 Å². The zero-order chi connectivity index (χ0) is 21.1. The summed E-state index contributed by atoms with van der Waals surface area (Å²) in [5.41, 5.74) is 4.78. The third-order valence-corrected chi connectivity index (χ3v) is 6.09. The molecule has 6 nitrogen and oxygen atoms in total. The van der Waals surface area contributed by atoms with E-state index in [1.165, 1.54) is 0 Å². The Labute approximate surface area is 180 Å². The lowest BCUT2D eigenvalue weighted by Gasteiger charge is -2.31. The maximum absolute atomic E-state index is 13.0. The van der Waals surface area contributed by atoms with Crippen LogP contribution in [-0.4, -0.2) is 36.6 Å². The fourth-order valence-electron chi connectivity index (χ4n) is 4.09. The van der Waals surface area contributed by atoms with Crippen molar-refractivity contribution < 1.29 is 4.79 Å². The molecule has 0 radical (unpaired) electrons. The number of pyridine rings is 1. The van der Waals surface area contributed by atoms with E-state index >= 15 is 0 Å². The Kier molecular flexibility index (Phi) is 6.80. The van der Waals surface area contributed by atoms with E-state index < -0.39 is 0 Å². The average Bonchev–Trinajstić information content (AvgIpc) is 3.18. The first kappa shape index (κ1) is 21.6. The number of aryl methyl sites for hydroxylation is 2. The summed E-state index contributed by atoms with van der Waals surface area (Å²) in [6.07, 6.45) is 1.09. The minimum Gasteiger partial charge on any atom is -0.367 e. The molecule has 29 heavy (non-hydrogen) atoms. The third-order valence-electron chi connectivity index (χ3n) is 5.63. The second-order valence-corrected chi connectivity index (χ2v) is 8.57. The standard InChI is InChI=1S/C22H29BrN4O2/c1-5-27(17-6-7-24-11-17)20-10-16(23)9-18(15(20)4)21(28)25-12-19-13(2)8-14(3)26-22(19)29/h8-10,17,24H,5-7,11-12H2,1-4H3,(H,25,28)(H,26,29). The number of nitrogens with one attached hydrogen (secondary N) is 3. The topological polar surface area (TPSA) is 77.2 Å². The summed E-state index contributed by atoms with van der Waals surface area (Å²) in [5, 5.41) is 6.34. The molecule has 3 rings (SSSR count). The van der Waals surface area contributed by atoms with E-state index in [1.54, 1.807) is 0 Å². The van der Waals surface area contributed by atoms with Crippen LogP contribution >= 0.6 is 15.9 Å². The predicted octanol–water partition coefficient (Wildman–Crippen LogP) is 3.18. The quantitative estimate of drug-likeness (QED) is 0.618. The summed E-state index contributed by atoms with van der Waals surface area (Å²) in [5.74, 6) is -0.176. The Morgan fingerprint density at radius 2 is 2.03 bits per heavy atom. The number of likely N-dealkylation sites (N-methyl/N-ethyl adjacent to an activating group) is 1. The number of carbonyl (C=O) groups is 1. The molecule has 0 saturated carbocycles. The maximum atomic E-state index is 13.0. The number of carbonyl (C=O) groups excluding carboxylic acids is 1. The summed E-state index contributed by atoms with van der Waals surface area (Å²) in [6, 6.07) is 6.28. The number of halogens is 1. The van der Waals surface area contributed by atoms with Gasteiger partial charge in [0.15, 0.2) is 0 Å². The Bertz CT molecular complexity index is 964. The van der Waals surface area contributed by atoms with Gasteiger partial charge in [0.25, 0.3) is 11.5 Å². The van der Waals surface area contributed by atoms with Crippen LogP contribution in [0.5, 0.6) is 0 Å². The lowest BCUT2D eigenvalue weighted by atomic mass is 10.0. The molecule has 3 N–H and O–H groups in total. The molecule has 2 aromatic rings. The van der Waals surface area contributed by atoms with Crippen LogP contribution in [0.4, 0.5) is 5.69 Å². The van der Waals surface area contributed by atoms with E-state index in [-0.39, 0.29) is 18.0 Å². The van der Waals surface area contributed by atoms with Gasteiger partial charge in [-0.05, 0) is 70.0 Å². The third kappa shape index (κ3) is 4.73. The van der Waals surface area contributed by atoms with Crippen LogP contribution in [0.15, 0.2) is 27.5 Å². The van der Waals surface area contributed by atoms with Crippen molar-refractivity contribution in [3.63, 3.8) is 0 Å². The van der Waals surface area contributed by atoms with Gasteiger partial charge >= 0.3 is 0 Å². The van der Waals surface area contributed by atoms with Crippen LogP contribution in [0.3, 0.4) is 0 Å². The second kappa shape index (κ2) is 9.13. The molecule has 2 heterocycles. The fraction of sp³-hybridized carbons (Fsp3) is 0.455. The van der Waals surface area contributed by atoms with Crippen LogP contribution in [0, 0.1) is 20.8 Å². The summed E-state index contributed by atoms with van der Waals surface area (Å²) in [6.45, 7) is 10.9. The number of aromatic nitrogens is 1. The lowest BCUT2D eigenvalue weighted by molar-refractivity contribution is 0.0950. The van der Waals surface area contributed by atoms with Crippen molar-refractivity contribution >= 4 is 27.5 Å². The van der Waals surface area contributed by atoms with Crippen molar-refractivity contribution in [2.75, 3.05) is 24.5 Å². The zero-order valence-electron chi connectivity index (χ0n) is 17.5. The SMILES string of the molecule is CCN(c1cc(Br)cc(C(=O)NCc2c(C)cc(C)[nH]c2=O)c1C)C1CCNC1. The molecule has 1 atom stereocenters. The normalized spacial score (nSPS) is 16.1. The van der Waals surface area contributed by atoms with Gasteiger partial charge in [0.05, 0.1) is 0 Å². The number of anilines is 1. The van der Waals surface area contributed by atoms with E-state index in [0.717, 1.165) is 53.0 Å². The molecule has 1 amide bonds. The van der Waals surface area contributed by atoms with Gasteiger partial charge in [-0.15, -0.1) is 0 Å². The minimum absolute atomic E-state index is 0.152. The number of amides is 1. The molecule has 1 aromatic heterocycles. The molecule has 7 heteroatoms. The Balaban J connectivity index is 1.86. The molecule has 0 aliphatic carbocycles. The molecule has 1 saturated heterocycles. The first-order chi connectivity index (χ1) is 13.8. The molecular formula is C22H29BrN4O2. The van der Waals surface area contributed by atoms with Crippen LogP contribution in [0.2, 0.25) is 0 Å². The highest BCUT2D eigenvalue weighted by molar-refractivity contribution is 9.10. The zero-order valence-corrected chi connectivity index (χ0v) is 19.1. The van der Waals surface area contributed by atoms with Crippen molar-refractivity contribution in [1.82, 2.24) is 15.6 Å². The fourth-order valence-corrected chi connectivity index (χ4v) is 4.54. The highest BCUT2D eigenvalue weighted by Crippen LogP contribution is 2.30. The van der Waals surface area contributed by atoms with Gasteiger partial charge in [-0.25, -0.2) is 0 Å². The van der Waals surface area contributed by atoms with Crippen molar-refractivity contribution in [1.29, 1.82) is 0 Å². The molecule has 1 aliphatic heterocycles. The summed E-state index contributed by atoms with van der Waals surface area (Å²) in [7, 11) is 0. The van der Waals surface area contributed by atoms with Crippen LogP contribution in [0.25, 0.3) is 0 Å². The van der Waals surface area contributed by atoms with Gasteiger partial charge in [-0.1, -0.05) is 15.9 Å². The van der Waals surface area contributed by atoms with Crippen LogP contribution in [-0.2, 0) is 6.54 Å². The van der Waals surface area contributed by atoms with Gasteiger partial charge in [0, 0.05) is 52.7 Å². The summed E-state index contributed by atoms with van der Waals surface area (Å²) >= 11 is 3.57. The van der Waals surface area contributed by atoms with Gasteiger partial charge in [0.1, 0.15) is 0 Å². The van der Waals surface area contributed by atoms with Crippen molar-refractivity contribution in [2.45, 2.75) is 46.7 Å². The molecule has 1 fully saturated rings. The molecule has 1 aliphatic rings. The minimum atomic E-state index is -0.176. The van der Waals surface area contributed by atoms with Crippen LogP contribution in [0.1, 0.15) is 46.1 Å². The molecule has 0 spiro atoms. The van der Waals surface area contributed by atoms with E-state index in [1.807, 2.05) is 32.9 Å². The van der Waals surface area contributed by atoms with E-state index in [4.69, 9.17) is 0 Å². The van der Waals surface area contributed by atoms with Crippen LogP contribution < -0.4 is 21.1 Å². The molecular weight excluding hydrogens is 432 g/mol. The Morgan fingerprint density at radius 1 is 1.28 bits per heavy atom. The highest BCUT2D eigenvalue weighted by atomic mass is 79.9. The monoisotopic (exact) mass is 460 g/mol. The Morgan fingerprint density at radius 3 is 2.66 bits per heavy atom. The van der Waals surface area contributed by atoms with Gasteiger partial charge < -0.3 is 20.5 Å². The number of aromatic amines is 1. The Hall–Kier alpha value is -2.12. The van der Waals surface area contributed by atoms with Crippen molar-refractivity contribution in [2.24, 2.45) is 0 Å². The maximum Gasteiger partial charge on any atom is 0.253 e. The van der Waals surface area contributed by atoms with E-state index in [9.17, 15) is 9.59 Å². The molecule has 0 bridgehead atoms. The molecule has 1 unspecified atom stereocenters. The number of hydrogen-bond donors (Lipinski definition) is 3. The van der Waals surface area contributed by atoms with Crippen molar-refractivity contribution in [3.05, 3.63) is 61.0 Å². The first-order valence-corrected chi connectivity index (χ1v) is 10.9. The first-order valence-electron chi connectivity index (χ1n) is 10.1. The highest BCUT2D eigenvalue weighted by Gasteiger charge is 2.25. The summed E-state index contributed by atoms with van der Waals surface area (Å²) in [4.78, 5) is 30.4. The van der Waals surface area contributed by atoms with Gasteiger partial charge in [-0.2, -0.15) is 0 Å². The summed E-state index contributed by atoms with van der Waals surface area (Å²) < 4.78 is 0.872.